The van der Waals surface area contributed by atoms with Gasteiger partial charge in [-0.2, -0.15) is 0 Å². The second kappa shape index (κ2) is 8.55. The third kappa shape index (κ3) is 9.05. The van der Waals surface area contributed by atoms with Crippen LogP contribution in [-0.4, -0.2) is 23.7 Å². The Hall–Kier alpha value is -1.04. The van der Waals surface area contributed by atoms with Crippen molar-refractivity contribution in [2.24, 2.45) is 0 Å². The first-order valence-corrected chi connectivity index (χ1v) is 4.69. The molecule has 0 aliphatic carbocycles. The minimum absolute atomic E-state index is 0.0670. The highest BCUT2D eigenvalue weighted by atomic mass is 35.5. The van der Waals surface area contributed by atoms with Crippen LogP contribution in [0.3, 0.4) is 0 Å². The molecule has 0 unspecified atom stereocenters. The Labute approximate surface area is 86.2 Å². The number of nitrogens with zero attached hydrogens (tertiary/aromatic N) is 1. The van der Waals surface area contributed by atoms with Crippen LogP contribution in [0.15, 0.2) is 0 Å². The minimum Gasteiger partial charge on any atom is -0.449 e. The zero-order valence-corrected chi connectivity index (χ0v) is 8.36. The fraction of sp³-hybridized carbons (Fsp3) is 0.857. The van der Waals surface area contributed by atoms with Crippen molar-refractivity contribution < 1.29 is 19.5 Å². The number of alkyl halides is 1. The van der Waals surface area contributed by atoms with Crippen LogP contribution in [-0.2, 0) is 14.4 Å². The first-order valence-electron chi connectivity index (χ1n) is 4.15. The van der Waals surface area contributed by atoms with Gasteiger partial charge >= 0.3 is 5.97 Å². The lowest BCUT2D eigenvalue weighted by Crippen LogP contribution is -2.04. The number of carbonyl (C=O) groups is 1. The highest BCUT2D eigenvalue weighted by molar-refractivity contribution is 6.17. The van der Waals surface area contributed by atoms with Crippen LogP contribution >= 0.6 is 11.6 Å². The molecule has 0 saturated carbocycles. The second-order valence-corrected chi connectivity index (χ2v) is 2.71. The SMILES string of the molecule is O=C(CCCCCO[N+](=O)[O-])OCCl. The molecule has 82 valence electrons. The summed E-state index contributed by atoms with van der Waals surface area (Å²) in [6, 6.07) is -0.136. The lowest BCUT2D eigenvalue weighted by Gasteiger charge is -2.00. The fourth-order valence-corrected chi connectivity index (χ4v) is 0.942. The molecule has 14 heavy (non-hydrogen) atoms. The summed E-state index contributed by atoms with van der Waals surface area (Å²) in [6.45, 7) is 0.0670. The summed E-state index contributed by atoms with van der Waals surface area (Å²) in [4.78, 5) is 24.5. The van der Waals surface area contributed by atoms with E-state index in [4.69, 9.17) is 11.6 Å². The number of carbonyl (C=O) groups excluding carboxylic acids is 1. The summed E-state index contributed by atoms with van der Waals surface area (Å²) >= 11 is 5.16. The van der Waals surface area contributed by atoms with E-state index in [9.17, 15) is 14.9 Å². The van der Waals surface area contributed by atoms with Crippen LogP contribution in [0.2, 0.25) is 0 Å². The molecule has 0 bridgehead atoms. The summed E-state index contributed by atoms with van der Waals surface area (Å²) in [5.41, 5.74) is 0. The molecule has 7 heteroatoms. The van der Waals surface area contributed by atoms with E-state index in [0.717, 1.165) is 0 Å². The van der Waals surface area contributed by atoms with Gasteiger partial charge in [-0.15, -0.1) is 10.1 Å². The molecule has 6 nitrogen and oxygen atoms in total. The van der Waals surface area contributed by atoms with Gasteiger partial charge in [0.05, 0.1) is 6.61 Å². The van der Waals surface area contributed by atoms with E-state index in [2.05, 4.69) is 9.57 Å². The zero-order chi connectivity index (χ0) is 10.8. The van der Waals surface area contributed by atoms with Gasteiger partial charge < -0.3 is 9.57 Å². The van der Waals surface area contributed by atoms with E-state index in [1.165, 1.54) is 0 Å². The largest absolute Gasteiger partial charge is 0.449 e. The highest BCUT2D eigenvalue weighted by Gasteiger charge is 2.01. The van der Waals surface area contributed by atoms with Crippen LogP contribution in [0.5, 0.6) is 0 Å². The van der Waals surface area contributed by atoms with Gasteiger partial charge in [-0.1, -0.05) is 18.0 Å². The topological polar surface area (TPSA) is 78.7 Å². The lowest BCUT2D eigenvalue weighted by atomic mass is 10.2. The maximum Gasteiger partial charge on any atom is 0.306 e. The smallest absolute Gasteiger partial charge is 0.306 e. The molecule has 0 aromatic heterocycles. The van der Waals surface area contributed by atoms with E-state index in [0.29, 0.717) is 19.3 Å². The lowest BCUT2D eigenvalue weighted by molar-refractivity contribution is -0.757. The van der Waals surface area contributed by atoms with Crippen molar-refractivity contribution >= 4 is 17.6 Å². The molecule has 0 atom stereocenters. The predicted octanol–water partition coefficient (Wildman–Crippen LogP) is 1.49. The zero-order valence-electron chi connectivity index (χ0n) is 7.61. The molecule has 0 amide bonds. The van der Waals surface area contributed by atoms with Gasteiger partial charge in [0, 0.05) is 6.42 Å². The van der Waals surface area contributed by atoms with Gasteiger partial charge in [0.15, 0.2) is 6.07 Å². The molecule has 0 radical (unpaired) electrons. The predicted molar refractivity (Wildman–Crippen MR) is 48.2 cm³/mol. The molecule has 0 heterocycles. The van der Waals surface area contributed by atoms with Gasteiger partial charge in [0.2, 0.25) is 0 Å². The normalized spacial score (nSPS) is 9.50. The Balaban J connectivity index is 3.13. The molecule has 0 aromatic rings. The van der Waals surface area contributed by atoms with Gasteiger partial charge in [-0.3, -0.25) is 4.79 Å². The number of hydrogen-bond donors (Lipinski definition) is 0. The maximum atomic E-state index is 10.7. The summed E-state index contributed by atoms with van der Waals surface area (Å²) in [5, 5.41) is 8.89. The average molecular weight is 226 g/mol. The molecule has 0 rings (SSSR count). The van der Waals surface area contributed by atoms with Crippen molar-refractivity contribution in [3.8, 4) is 0 Å². The minimum atomic E-state index is -0.832. The monoisotopic (exact) mass is 225 g/mol. The molecule has 0 aromatic carbocycles. The van der Waals surface area contributed by atoms with Crippen molar-refractivity contribution in [2.75, 3.05) is 12.7 Å². The number of halogens is 1. The third-order valence-corrected chi connectivity index (χ3v) is 1.55. The van der Waals surface area contributed by atoms with Gasteiger partial charge in [-0.25, -0.2) is 0 Å². The van der Waals surface area contributed by atoms with E-state index >= 15 is 0 Å². The Kier molecular flexibility index (Phi) is 7.92. The van der Waals surface area contributed by atoms with Crippen LogP contribution in [0.4, 0.5) is 0 Å². The molecule has 0 aliphatic heterocycles. The summed E-state index contributed by atoms with van der Waals surface area (Å²) < 4.78 is 4.47. The molecule has 0 N–H and O–H groups in total. The molecular formula is C7H12ClNO5. The number of rotatable bonds is 8. The van der Waals surface area contributed by atoms with Crippen molar-refractivity contribution in [2.45, 2.75) is 25.7 Å². The molecule has 0 fully saturated rings. The Bertz CT molecular complexity index is 187. The summed E-state index contributed by atoms with van der Waals surface area (Å²) in [7, 11) is 0. The number of unbranched alkanes of at least 4 members (excludes halogenated alkanes) is 2. The van der Waals surface area contributed by atoms with Gasteiger partial charge in [0.25, 0.3) is 5.09 Å². The Morgan fingerprint density at radius 3 is 2.64 bits per heavy atom. The number of esters is 1. The second-order valence-electron chi connectivity index (χ2n) is 2.49. The first-order chi connectivity index (χ1) is 6.66. The number of ether oxygens (including phenoxy) is 1. The van der Waals surface area contributed by atoms with Crippen molar-refractivity contribution in [3.05, 3.63) is 10.1 Å². The molecule has 0 aliphatic rings. The van der Waals surface area contributed by atoms with E-state index in [1.807, 2.05) is 0 Å². The standard InChI is InChI=1S/C7H12ClNO5/c8-6-13-7(10)4-2-1-3-5-14-9(11)12/h1-6H2. The average Bonchev–Trinajstić information content (AvgIpc) is 2.11. The van der Waals surface area contributed by atoms with Crippen molar-refractivity contribution in [1.29, 1.82) is 0 Å². The summed E-state index contributed by atoms with van der Waals surface area (Å²) in [6.07, 6.45) is 2.14. The Morgan fingerprint density at radius 1 is 1.36 bits per heavy atom. The molecule has 0 saturated heterocycles. The quantitative estimate of drug-likeness (QED) is 0.206. The first kappa shape index (κ1) is 13.0. The van der Waals surface area contributed by atoms with E-state index in [-0.39, 0.29) is 25.1 Å². The van der Waals surface area contributed by atoms with Gasteiger partial charge in [-0.05, 0) is 12.8 Å². The van der Waals surface area contributed by atoms with Gasteiger partial charge in [0.1, 0.15) is 0 Å². The van der Waals surface area contributed by atoms with E-state index in [1.54, 1.807) is 0 Å². The van der Waals surface area contributed by atoms with Crippen molar-refractivity contribution in [1.82, 2.24) is 0 Å². The Morgan fingerprint density at radius 2 is 2.07 bits per heavy atom. The third-order valence-electron chi connectivity index (χ3n) is 1.44. The van der Waals surface area contributed by atoms with Crippen LogP contribution in [0, 0.1) is 10.1 Å². The molecular weight excluding hydrogens is 214 g/mol. The highest BCUT2D eigenvalue weighted by Crippen LogP contribution is 2.02. The van der Waals surface area contributed by atoms with Crippen LogP contribution in [0.25, 0.3) is 0 Å². The molecule has 0 spiro atoms. The van der Waals surface area contributed by atoms with Crippen LogP contribution < -0.4 is 0 Å². The maximum absolute atomic E-state index is 10.7. The van der Waals surface area contributed by atoms with Crippen molar-refractivity contribution in [3.63, 3.8) is 0 Å². The van der Waals surface area contributed by atoms with E-state index < -0.39 is 5.09 Å². The number of hydrogen-bond acceptors (Lipinski definition) is 5. The van der Waals surface area contributed by atoms with Crippen LogP contribution in [0.1, 0.15) is 25.7 Å². The fourth-order valence-electron chi connectivity index (χ4n) is 0.820. The summed E-state index contributed by atoms with van der Waals surface area (Å²) in [5.74, 6) is -0.352.